The minimum atomic E-state index is -2.47. The van der Waals surface area contributed by atoms with Gasteiger partial charge in [0.1, 0.15) is 0 Å². The van der Waals surface area contributed by atoms with E-state index in [1.165, 1.54) is 6.42 Å². The van der Waals surface area contributed by atoms with Gasteiger partial charge in [0, 0.05) is 19.4 Å². The van der Waals surface area contributed by atoms with Crippen LogP contribution in [0.15, 0.2) is 12.3 Å². The minimum absolute atomic E-state index is 0.526. The summed E-state index contributed by atoms with van der Waals surface area (Å²) in [6.07, 6.45) is 5.45. The number of unbranched alkanes of at least 4 members (excludes halogenated alkanes) is 3. The van der Waals surface area contributed by atoms with Crippen LogP contribution in [0, 0.1) is 0 Å². The average Bonchev–Trinajstić information content (AvgIpc) is 2.41. The van der Waals surface area contributed by atoms with Crippen molar-refractivity contribution in [3.05, 3.63) is 12.3 Å². The first-order chi connectivity index (χ1) is 9.08. The zero-order valence-electron chi connectivity index (χ0n) is 12.4. The van der Waals surface area contributed by atoms with Crippen LogP contribution in [0.25, 0.3) is 0 Å². The smallest absolute Gasteiger partial charge is 0.326 e. The number of hydrogen-bond donors (Lipinski definition) is 1. The molecule has 0 saturated heterocycles. The van der Waals surface area contributed by atoms with Crippen LogP contribution >= 0.6 is 6.72 Å². The summed E-state index contributed by atoms with van der Waals surface area (Å²) in [4.78, 5) is 0. The molecule has 1 unspecified atom stereocenters. The Morgan fingerprint density at radius 3 is 2.42 bits per heavy atom. The SMILES string of the molecule is C=C(CC)NCCCCCCOP(=S)(OC)OCC. The summed E-state index contributed by atoms with van der Waals surface area (Å²) < 4.78 is 16.0. The standard InChI is InChI=1S/C13H28NO3PS/c1-5-13(3)14-11-9-7-8-10-12-17-18(19,15-4)16-6-2/h14H,3,5-12H2,1-2,4H3. The first kappa shape index (κ1) is 19.1. The fourth-order valence-electron chi connectivity index (χ4n) is 1.45. The van der Waals surface area contributed by atoms with Gasteiger partial charge in [-0.2, -0.15) is 0 Å². The van der Waals surface area contributed by atoms with E-state index < -0.39 is 6.72 Å². The molecule has 6 heteroatoms. The molecule has 19 heavy (non-hydrogen) atoms. The largest absolute Gasteiger partial charge is 0.389 e. The van der Waals surface area contributed by atoms with Crippen molar-refractivity contribution in [2.75, 3.05) is 26.9 Å². The Morgan fingerprint density at radius 2 is 1.84 bits per heavy atom. The highest BCUT2D eigenvalue weighted by Gasteiger charge is 2.16. The first-order valence-electron chi connectivity index (χ1n) is 6.94. The fraction of sp³-hybridized carbons (Fsp3) is 0.846. The molecule has 0 aliphatic carbocycles. The summed E-state index contributed by atoms with van der Waals surface area (Å²) in [5, 5.41) is 3.30. The van der Waals surface area contributed by atoms with Gasteiger partial charge in [0.25, 0.3) is 0 Å². The average molecular weight is 309 g/mol. The number of rotatable bonds is 13. The van der Waals surface area contributed by atoms with Crippen molar-refractivity contribution in [3.8, 4) is 0 Å². The van der Waals surface area contributed by atoms with Crippen molar-refractivity contribution in [2.24, 2.45) is 0 Å². The Morgan fingerprint density at radius 1 is 1.16 bits per heavy atom. The summed E-state index contributed by atoms with van der Waals surface area (Å²) in [5.74, 6) is 0. The van der Waals surface area contributed by atoms with Crippen molar-refractivity contribution < 1.29 is 13.6 Å². The molecule has 0 aromatic rings. The Bertz CT molecular complexity index is 287. The lowest BCUT2D eigenvalue weighted by Crippen LogP contribution is -2.13. The van der Waals surface area contributed by atoms with Gasteiger partial charge in [-0.15, -0.1) is 0 Å². The molecule has 0 aromatic heterocycles. The fourth-order valence-corrected chi connectivity index (χ4v) is 2.94. The Hall–Kier alpha value is 0.0700. The third kappa shape index (κ3) is 10.5. The van der Waals surface area contributed by atoms with Crippen LogP contribution in [-0.2, 0) is 25.4 Å². The van der Waals surface area contributed by atoms with Gasteiger partial charge in [0.05, 0.1) is 13.2 Å². The van der Waals surface area contributed by atoms with Crippen molar-refractivity contribution >= 4 is 18.5 Å². The maximum atomic E-state index is 5.53. The third-order valence-electron chi connectivity index (χ3n) is 2.63. The molecule has 0 amide bonds. The maximum absolute atomic E-state index is 5.53. The van der Waals surface area contributed by atoms with Gasteiger partial charge >= 0.3 is 6.72 Å². The second-order valence-corrected chi connectivity index (χ2v) is 7.30. The van der Waals surface area contributed by atoms with Crippen LogP contribution in [0.1, 0.15) is 46.0 Å². The summed E-state index contributed by atoms with van der Waals surface area (Å²) in [7, 11) is 1.54. The van der Waals surface area contributed by atoms with Crippen LogP contribution in [0.3, 0.4) is 0 Å². The van der Waals surface area contributed by atoms with E-state index in [2.05, 4.69) is 18.8 Å². The minimum Gasteiger partial charge on any atom is -0.389 e. The van der Waals surface area contributed by atoms with Crippen molar-refractivity contribution in [2.45, 2.75) is 46.0 Å². The van der Waals surface area contributed by atoms with Gasteiger partial charge in [-0.3, -0.25) is 0 Å². The predicted octanol–water partition coefficient (Wildman–Crippen LogP) is 3.98. The molecule has 0 bridgehead atoms. The van der Waals surface area contributed by atoms with Gasteiger partial charge < -0.3 is 18.9 Å². The summed E-state index contributed by atoms with van der Waals surface area (Å²) in [5.41, 5.74) is 1.11. The summed E-state index contributed by atoms with van der Waals surface area (Å²) in [6, 6.07) is 0. The zero-order valence-corrected chi connectivity index (χ0v) is 14.2. The van der Waals surface area contributed by atoms with Crippen molar-refractivity contribution in [1.82, 2.24) is 5.32 Å². The van der Waals surface area contributed by atoms with Crippen molar-refractivity contribution in [1.29, 1.82) is 0 Å². The highest BCUT2D eigenvalue weighted by molar-refractivity contribution is 8.07. The van der Waals surface area contributed by atoms with E-state index in [1.54, 1.807) is 7.11 Å². The van der Waals surface area contributed by atoms with Crippen LogP contribution in [0.4, 0.5) is 0 Å². The van der Waals surface area contributed by atoms with E-state index in [0.717, 1.165) is 37.9 Å². The molecule has 0 aromatic carbocycles. The van der Waals surface area contributed by atoms with Gasteiger partial charge in [-0.1, -0.05) is 26.3 Å². The Kier molecular flexibility index (Phi) is 11.9. The van der Waals surface area contributed by atoms with Crippen LogP contribution < -0.4 is 5.32 Å². The molecule has 114 valence electrons. The molecule has 0 radical (unpaired) electrons. The molecule has 0 spiro atoms. The topological polar surface area (TPSA) is 39.7 Å². The number of hydrogen-bond acceptors (Lipinski definition) is 5. The Labute approximate surface area is 123 Å². The molecule has 0 saturated carbocycles. The molecule has 4 nitrogen and oxygen atoms in total. The normalized spacial score (nSPS) is 14.1. The molecule has 0 aliphatic heterocycles. The van der Waals surface area contributed by atoms with Gasteiger partial charge in [-0.25, -0.2) is 0 Å². The van der Waals surface area contributed by atoms with E-state index >= 15 is 0 Å². The van der Waals surface area contributed by atoms with Gasteiger partial charge in [0.2, 0.25) is 0 Å². The molecule has 0 rings (SSSR count). The monoisotopic (exact) mass is 309 g/mol. The highest BCUT2D eigenvalue weighted by atomic mass is 32.5. The Balaban J connectivity index is 3.44. The number of allylic oxidation sites excluding steroid dienone is 1. The molecule has 0 fully saturated rings. The lowest BCUT2D eigenvalue weighted by atomic mass is 10.2. The molecule has 0 heterocycles. The van der Waals surface area contributed by atoms with Crippen LogP contribution in [0.2, 0.25) is 0 Å². The van der Waals surface area contributed by atoms with E-state index in [1.807, 2.05) is 6.92 Å². The van der Waals surface area contributed by atoms with E-state index in [9.17, 15) is 0 Å². The number of nitrogens with one attached hydrogen (secondary N) is 1. The molecule has 1 N–H and O–H groups in total. The van der Waals surface area contributed by atoms with E-state index in [-0.39, 0.29) is 0 Å². The van der Waals surface area contributed by atoms with E-state index in [0.29, 0.717) is 13.2 Å². The summed E-state index contributed by atoms with van der Waals surface area (Å²) >= 11 is 5.19. The third-order valence-corrected chi connectivity index (χ3v) is 5.23. The molecule has 0 aliphatic rings. The quantitative estimate of drug-likeness (QED) is 0.411. The summed E-state index contributed by atoms with van der Waals surface area (Å²) in [6.45, 7) is 7.57. The van der Waals surface area contributed by atoms with Crippen LogP contribution in [0.5, 0.6) is 0 Å². The second-order valence-electron chi connectivity index (χ2n) is 4.18. The van der Waals surface area contributed by atoms with Crippen LogP contribution in [-0.4, -0.2) is 26.9 Å². The zero-order chi connectivity index (χ0) is 14.6. The van der Waals surface area contributed by atoms with Crippen molar-refractivity contribution in [3.63, 3.8) is 0 Å². The highest BCUT2D eigenvalue weighted by Crippen LogP contribution is 2.48. The lowest BCUT2D eigenvalue weighted by molar-refractivity contribution is 0.181. The lowest BCUT2D eigenvalue weighted by Gasteiger charge is -2.18. The molecular weight excluding hydrogens is 281 g/mol. The van der Waals surface area contributed by atoms with Gasteiger partial charge in [0.15, 0.2) is 0 Å². The predicted molar refractivity (Wildman–Crippen MR) is 84.8 cm³/mol. The van der Waals surface area contributed by atoms with Gasteiger partial charge in [-0.05, 0) is 38.0 Å². The second kappa shape index (κ2) is 11.9. The van der Waals surface area contributed by atoms with E-state index in [4.69, 9.17) is 25.4 Å². The maximum Gasteiger partial charge on any atom is 0.326 e. The first-order valence-corrected chi connectivity index (χ1v) is 9.50. The molecular formula is C13H28NO3PS. The molecule has 1 atom stereocenters.